The van der Waals surface area contributed by atoms with Crippen molar-refractivity contribution in [3.05, 3.63) is 10.1 Å². The molecule has 0 fully saturated rings. The Bertz CT molecular complexity index is 132. The molecule has 0 saturated heterocycles. The quantitative estimate of drug-likeness (QED) is 0.191. The lowest BCUT2D eigenvalue weighted by Crippen LogP contribution is -2.43. The summed E-state index contributed by atoms with van der Waals surface area (Å²) in [6.07, 6.45) is 0. The van der Waals surface area contributed by atoms with Crippen LogP contribution in [0.2, 0.25) is 0 Å². The zero-order valence-corrected chi connectivity index (χ0v) is 5.28. The van der Waals surface area contributed by atoms with Gasteiger partial charge < -0.3 is 11.5 Å². The van der Waals surface area contributed by atoms with Crippen LogP contribution in [-0.4, -0.2) is 29.1 Å². The van der Waals surface area contributed by atoms with Gasteiger partial charge in [0.25, 0.3) is 5.96 Å². The Kier molecular flexibility index (Phi) is 3.12. The molecule has 0 aliphatic heterocycles. The van der Waals surface area contributed by atoms with Crippen LogP contribution >= 0.6 is 0 Å². The highest BCUT2D eigenvalue weighted by Crippen LogP contribution is 1.83. The van der Waals surface area contributed by atoms with Crippen molar-refractivity contribution < 1.29 is 5.03 Å². The molecule has 0 heterocycles. The summed E-state index contributed by atoms with van der Waals surface area (Å²) in [6, 6.07) is 0. The number of hydrogen-bond acceptors (Lipinski definition) is 4. The SMILES string of the molecule is N=C(N)N(CCN)[N+](=O)[O-]. The summed E-state index contributed by atoms with van der Waals surface area (Å²) in [5.41, 5.74) is 9.84. The summed E-state index contributed by atoms with van der Waals surface area (Å²) in [5.74, 6) is -0.601. The van der Waals surface area contributed by atoms with Gasteiger partial charge in [0, 0.05) is 6.54 Å². The fourth-order valence-electron chi connectivity index (χ4n) is 0.412. The molecule has 0 unspecified atom stereocenters. The lowest BCUT2D eigenvalue weighted by molar-refractivity contribution is -0.629. The van der Waals surface area contributed by atoms with E-state index in [1.165, 1.54) is 0 Å². The molecule has 0 aromatic heterocycles. The maximum atomic E-state index is 9.99. The number of nitrogens with two attached hydrogens (primary N) is 2. The van der Waals surface area contributed by atoms with Gasteiger partial charge in [-0.1, -0.05) is 5.01 Å². The van der Waals surface area contributed by atoms with Crippen molar-refractivity contribution in [3.8, 4) is 0 Å². The molecule has 0 aromatic carbocycles. The van der Waals surface area contributed by atoms with Crippen LogP contribution in [0.25, 0.3) is 0 Å². The van der Waals surface area contributed by atoms with E-state index in [9.17, 15) is 10.1 Å². The first-order chi connectivity index (χ1) is 4.59. The highest BCUT2D eigenvalue weighted by molar-refractivity contribution is 5.73. The van der Waals surface area contributed by atoms with Gasteiger partial charge in [0.05, 0.1) is 0 Å². The third-order valence-corrected chi connectivity index (χ3v) is 0.816. The molecule has 0 saturated carbocycles. The van der Waals surface area contributed by atoms with Gasteiger partial charge in [-0.3, -0.25) is 5.41 Å². The van der Waals surface area contributed by atoms with Crippen molar-refractivity contribution in [3.63, 3.8) is 0 Å². The molecule has 7 heteroatoms. The van der Waals surface area contributed by atoms with Crippen LogP contribution in [0, 0.1) is 15.5 Å². The van der Waals surface area contributed by atoms with Gasteiger partial charge in [-0.05, 0) is 0 Å². The molecule has 10 heavy (non-hydrogen) atoms. The van der Waals surface area contributed by atoms with Crippen molar-refractivity contribution in [1.82, 2.24) is 5.01 Å². The Morgan fingerprint density at radius 3 is 2.40 bits per heavy atom. The summed E-state index contributed by atoms with van der Waals surface area (Å²) in [7, 11) is 0. The Balaban J connectivity index is 3.98. The van der Waals surface area contributed by atoms with Gasteiger partial charge in [-0.15, -0.1) is 0 Å². The molecular formula is C3H9N5O2. The van der Waals surface area contributed by atoms with Gasteiger partial charge in [0.15, 0.2) is 5.03 Å². The number of guanidine groups is 1. The highest BCUT2D eigenvalue weighted by Gasteiger charge is 2.15. The first-order valence-corrected chi connectivity index (χ1v) is 2.55. The summed E-state index contributed by atoms with van der Waals surface area (Å²) in [6.45, 7) is 0.0584. The van der Waals surface area contributed by atoms with Crippen LogP contribution in [0.3, 0.4) is 0 Å². The second kappa shape index (κ2) is 3.62. The minimum Gasteiger partial charge on any atom is -0.365 e. The standard InChI is InChI=1S/C3H9N5O2/c4-1-2-7(3(5)6)8(9)10/h1-2,4H2,(H3,5,6). The molecule has 7 nitrogen and oxygen atoms in total. The van der Waals surface area contributed by atoms with E-state index in [2.05, 4.69) is 0 Å². The average Bonchev–Trinajstić information content (AvgIpc) is 1.81. The Hall–Kier alpha value is -1.37. The molecule has 5 N–H and O–H groups in total. The van der Waals surface area contributed by atoms with E-state index in [1.54, 1.807) is 0 Å². The molecule has 58 valence electrons. The van der Waals surface area contributed by atoms with Crippen LogP contribution in [0.4, 0.5) is 0 Å². The zero-order chi connectivity index (χ0) is 8.15. The molecule has 0 amide bonds. The predicted octanol–water partition coefficient (Wildman–Crippen LogP) is -1.67. The minimum atomic E-state index is -0.769. The second-order valence-electron chi connectivity index (χ2n) is 1.53. The van der Waals surface area contributed by atoms with Crippen LogP contribution in [0.15, 0.2) is 0 Å². The number of nitro groups is 1. The first-order valence-electron chi connectivity index (χ1n) is 2.55. The van der Waals surface area contributed by atoms with Crippen molar-refractivity contribution >= 4 is 5.96 Å². The summed E-state index contributed by atoms with van der Waals surface area (Å²) in [4.78, 5) is 9.99. The van der Waals surface area contributed by atoms with Crippen molar-refractivity contribution in [2.45, 2.75) is 0 Å². The maximum absolute atomic E-state index is 9.99. The van der Waals surface area contributed by atoms with Crippen molar-refractivity contribution in [1.29, 1.82) is 5.41 Å². The Morgan fingerprint density at radius 2 is 2.30 bits per heavy atom. The maximum Gasteiger partial charge on any atom is 0.252 e. The van der Waals surface area contributed by atoms with Gasteiger partial charge in [-0.2, -0.15) is 0 Å². The van der Waals surface area contributed by atoms with Gasteiger partial charge >= 0.3 is 0 Å². The van der Waals surface area contributed by atoms with E-state index in [0.29, 0.717) is 5.01 Å². The van der Waals surface area contributed by atoms with E-state index in [-0.39, 0.29) is 13.1 Å². The fraction of sp³-hybridized carbons (Fsp3) is 0.667. The Labute approximate surface area is 57.2 Å². The number of hydrogen-bond donors (Lipinski definition) is 3. The van der Waals surface area contributed by atoms with Crippen LogP contribution in [0.5, 0.6) is 0 Å². The lowest BCUT2D eigenvalue weighted by Gasteiger charge is -2.08. The van der Waals surface area contributed by atoms with Gasteiger partial charge in [0.1, 0.15) is 6.54 Å². The number of nitrogens with zero attached hydrogens (tertiary/aromatic N) is 2. The minimum absolute atomic E-state index is 0.0394. The largest absolute Gasteiger partial charge is 0.365 e. The summed E-state index contributed by atoms with van der Waals surface area (Å²) in [5, 5.41) is 16.4. The first kappa shape index (κ1) is 8.63. The molecule has 0 bridgehead atoms. The molecule has 0 radical (unpaired) electrons. The van der Waals surface area contributed by atoms with E-state index >= 15 is 0 Å². The van der Waals surface area contributed by atoms with E-state index in [4.69, 9.17) is 16.9 Å². The normalized spacial score (nSPS) is 8.90. The smallest absolute Gasteiger partial charge is 0.252 e. The predicted molar refractivity (Wildman–Crippen MR) is 34.7 cm³/mol. The lowest BCUT2D eigenvalue weighted by atomic mass is 10.6. The van der Waals surface area contributed by atoms with Crippen molar-refractivity contribution in [2.24, 2.45) is 11.5 Å². The summed E-state index contributed by atoms with van der Waals surface area (Å²) < 4.78 is 0. The number of nitrogens with one attached hydrogen (secondary N) is 1. The molecule has 0 rings (SSSR count). The molecule has 0 aliphatic carbocycles. The highest BCUT2D eigenvalue weighted by atomic mass is 16.7. The zero-order valence-electron chi connectivity index (χ0n) is 5.28. The molecular weight excluding hydrogens is 138 g/mol. The second-order valence-corrected chi connectivity index (χ2v) is 1.53. The molecule has 0 spiro atoms. The Morgan fingerprint density at radius 1 is 1.80 bits per heavy atom. The number of rotatable bonds is 3. The third-order valence-electron chi connectivity index (χ3n) is 0.816. The van der Waals surface area contributed by atoms with Crippen LogP contribution in [-0.2, 0) is 0 Å². The topological polar surface area (TPSA) is 122 Å². The van der Waals surface area contributed by atoms with E-state index in [0.717, 1.165) is 0 Å². The third kappa shape index (κ3) is 2.27. The van der Waals surface area contributed by atoms with E-state index in [1.807, 2.05) is 0 Å². The fourth-order valence-corrected chi connectivity index (χ4v) is 0.412. The van der Waals surface area contributed by atoms with Crippen LogP contribution in [0.1, 0.15) is 0 Å². The number of hydrazine groups is 1. The van der Waals surface area contributed by atoms with Crippen molar-refractivity contribution in [2.75, 3.05) is 13.1 Å². The molecule has 0 aliphatic rings. The van der Waals surface area contributed by atoms with Gasteiger partial charge in [0.2, 0.25) is 0 Å². The van der Waals surface area contributed by atoms with Crippen LogP contribution < -0.4 is 11.5 Å². The van der Waals surface area contributed by atoms with Gasteiger partial charge in [-0.25, -0.2) is 10.1 Å². The monoisotopic (exact) mass is 147 g/mol. The summed E-state index contributed by atoms with van der Waals surface area (Å²) >= 11 is 0. The van der Waals surface area contributed by atoms with E-state index < -0.39 is 11.0 Å². The molecule has 0 aromatic rings. The average molecular weight is 147 g/mol. The molecule has 0 atom stereocenters.